The van der Waals surface area contributed by atoms with Gasteiger partial charge in [0, 0.05) is 22.7 Å². The standard InChI is InChI=1S/C42H59N3O5S/c1-7-8-9-10-11-12-13-14-15-16-17-18-19-23-31-24-22-27-35(48-5)37(31)39-36(41(47)50-29(2)3)30(4)43-34(38(39)40(46)49-6)28-51-42-44-32-25-20-21-26-33(32)45-42/h20-22,24-27,29,39,43H,7-19,23,28H2,1-6H3,(H,44,45). The summed E-state index contributed by atoms with van der Waals surface area (Å²) in [4.78, 5) is 35.8. The highest BCUT2D eigenvalue weighted by Crippen LogP contribution is 2.45. The lowest BCUT2D eigenvalue weighted by Gasteiger charge is -2.33. The van der Waals surface area contributed by atoms with Crippen LogP contribution in [-0.4, -0.2) is 48.0 Å². The van der Waals surface area contributed by atoms with Crippen LogP contribution in [0.1, 0.15) is 128 Å². The molecule has 1 aromatic heterocycles. The number of allylic oxidation sites excluding steroid dienone is 1. The van der Waals surface area contributed by atoms with Crippen molar-refractivity contribution < 1.29 is 23.8 Å². The zero-order valence-electron chi connectivity index (χ0n) is 31.7. The van der Waals surface area contributed by atoms with E-state index in [1.165, 1.54) is 89.5 Å². The van der Waals surface area contributed by atoms with E-state index in [2.05, 4.69) is 23.3 Å². The molecule has 1 atom stereocenters. The number of aromatic amines is 1. The summed E-state index contributed by atoms with van der Waals surface area (Å²) in [6, 6.07) is 13.9. The zero-order chi connectivity index (χ0) is 36.6. The molecule has 0 saturated carbocycles. The molecule has 0 spiro atoms. The van der Waals surface area contributed by atoms with Gasteiger partial charge in [0.1, 0.15) is 5.75 Å². The lowest BCUT2D eigenvalue weighted by Crippen LogP contribution is -2.35. The van der Waals surface area contributed by atoms with Gasteiger partial charge >= 0.3 is 11.9 Å². The van der Waals surface area contributed by atoms with Gasteiger partial charge in [0.05, 0.1) is 48.4 Å². The van der Waals surface area contributed by atoms with Crippen LogP contribution >= 0.6 is 11.8 Å². The van der Waals surface area contributed by atoms with Crippen LogP contribution in [0.15, 0.2) is 70.2 Å². The van der Waals surface area contributed by atoms with E-state index in [0.29, 0.717) is 34.0 Å². The number of dihydropyridines is 1. The number of esters is 2. The van der Waals surface area contributed by atoms with Crippen LogP contribution in [0.2, 0.25) is 0 Å². The highest BCUT2D eigenvalue weighted by molar-refractivity contribution is 7.99. The van der Waals surface area contributed by atoms with Crippen LogP contribution in [0, 0.1) is 0 Å². The van der Waals surface area contributed by atoms with Gasteiger partial charge in [0.15, 0.2) is 5.16 Å². The molecule has 0 saturated heterocycles. The predicted molar refractivity (Wildman–Crippen MR) is 208 cm³/mol. The van der Waals surface area contributed by atoms with Crippen LogP contribution in [0.4, 0.5) is 0 Å². The quantitative estimate of drug-likeness (QED) is 0.0602. The summed E-state index contributed by atoms with van der Waals surface area (Å²) in [6.07, 6.45) is 17.2. The zero-order valence-corrected chi connectivity index (χ0v) is 32.5. The Morgan fingerprint density at radius 1 is 0.824 bits per heavy atom. The van der Waals surface area contributed by atoms with E-state index >= 15 is 0 Å². The SMILES string of the molecule is CCCCCCCCCCCCCCCc1cccc(OC)c1C1C(C(=O)OC(C)C)=C(C)NC(CSc2nc3ccccc3[nH]2)=C1C(=O)OC. The molecule has 9 heteroatoms. The number of hydrogen-bond donors (Lipinski definition) is 2. The van der Waals surface area contributed by atoms with Crippen molar-refractivity contribution >= 4 is 34.7 Å². The van der Waals surface area contributed by atoms with E-state index in [1.807, 2.05) is 57.2 Å². The minimum absolute atomic E-state index is 0.336. The van der Waals surface area contributed by atoms with E-state index in [-0.39, 0.29) is 6.10 Å². The molecule has 2 aromatic carbocycles. The second kappa shape index (κ2) is 21.0. The molecule has 0 aliphatic carbocycles. The van der Waals surface area contributed by atoms with Gasteiger partial charge in [-0.3, -0.25) is 0 Å². The number of ether oxygens (including phenoxy) is 3. The van der Waals surface area contributed by atoms with Gasteiger partial charge in [-0.05, 0) is 57.4 Å². The lowest BCUT2D eigenvalue weighted by atomic mass is 9.77. The number of carbonyl (C=O) groups excluding carboxylic acids is 2. The molecular formula is C42H59N3O5S. The number of imidazole rings is 1. The van der Waals surface area contributed by atoms with E-state index in [1.54, 1.807) is 7.11 Å². The Bertz CT molecular complexity index is 1610. The topological polar surface area (TPSA) is 103 Å². The molecule has 1 unspecified atom stereocenters. The first-order valence-corrected chi connectivity index (χ1v) is 20.0. The van der Waals surface area contributed by atoms with Crippen molar-refractivity contribution in [1.29, 1.82) is 0 Å². The Balaban J connectivity index is 1.56. The highest BCUT2D eigenvalue weighted by Gasteiger charge is 2.41. The molecule has 0 bridgehead atoms. The third-order valence-corrected chi connectivity index (χ3v) is 10.4. The molecule has 1 aliphatic heterocycles. The van der Waals surface area contributed by atoms with E-state index in [4.69, 9.17) is 19.2 Å². The molecule has 51 heavy (non-hydrogen) atoms. The Labute approximate surface area is 309 Å². The number of rotatable bonds is 22. The van der Waals surface area contributed by atoms with Gasteiger partial charge in [0.25, 0.3) is 0 Å². The van der Waals surface area contributed by atoms with Crippen molar-refractivity contribution in [2.75, 3.05) is 20.0 Å². The van der Waals surface area contributed by atoms with Crippen molar-refractivity contribution in [3.63, 3.8) is 0 Å². The molecule has 2 heterocycles. The first kappa shape index (κ1) is 40.1. The van der Waals surface area contributed by atoms with Crippen molar-refractivity contribution in [3.05, 3.63) is 76.1 Å². The molecule has 0 radical (unpaired) electrons. The largest absolute Gasteiger partial charge is 0.496 e. The first-order valence-electron chi connectivity index (χ1n) is 19.0. The number of nitrogens with zero attached hydrogens (tertiary/aromatic N) is 1. The van der Waals surface area contributed by atoms with Gasteiger partial charge in [0.2, 0.25) is 0 Å². The number of nitrogens with one attached hydrogen (secondary N) is 2. The number of hydrogen-bond acceptors (Lipinski definition) is 8. The van der Waals surface area contributed by atoms with Gasteiger partial charge in [-0.1, -0.05) is 120 Å². The minimum Gasteiger partial charge on any atom is -0.496 e. The maximum Gasteiger partial charge on any atom is 0.337 e. The highest BCUT2D eigenvalue weighted by atomic mass is 32.2. The maximum atomic E-state index is 13.9. The maximum absolute atomic E-state index is 13.9. The van der Waals surface area contributed by atoms with E-state index in [9.17, 15) is 9.59 Å². The number of aromatic nitrogens is 2. The van der Waals surface area contributed by atoms with Crippen LogP contribution in [0.3, 0.4) is 0 Å². The monoisotopic (exact) mass is 717 g/mol. The fourth-order valence-electron chi connectivity index (χ4n) is 6.98. The summed E-state index contributed by atoms with van der Waals surface area (Å²) in [7, 11) is 3.02. The van der Waals surface area contributed by atoms with Crippen molar-refractivity contribution in [3.8, 4) is 5.75 Å². The Hall–Kier alpha value is -3.72. The molecule has 1 aliphatic rings. The average Bonchev–Trinajstić information content (AvgIpc) is 3.54. The van der Waals surface area contributed by atoms with E-state index in [0.717, 1.165) is 46.6 Å². The van der Waals surface area contributed by atoms with Crippen molar-refractivity contribution in [2.24, 2.45) is 0 Å². The van der Waals surface area contributed by atoms with Crippen LogP contribution < -0.4 is 10.1 Å². The van der Waals surface area contributed by atoms with Crippen molar-refractivity contribution in [1.82, 2.24) is 15.3 Å². The first-order chi connectivity index (χ1) is 24.8. The number of unbranched alkanes of at least 4 members (excludes halogenated alkanes) is 12. The predicted octanol–water partition coefficient (Wildman–Crippen LogP) is 10.3. The number of aryl methyl sites for hydroxylation is 1. The summed E-state index contributed by atoms with van der Waals surface area (Å²) in [6.45, 7) is 7.79. The molecule has 0 amide bonds. The van der Waals surface area contributed by atoms with Crippen LogP contribution in [-0.2, 0) is 25.5 Å². The third-order valence-electron chi connectivity index (χ3n) is 9.55. The number of benzene rings is 2. The van der Waals surface area contributed by atoms with Gasteiger partial charge in [-0.2, -0.15) is 0 Å². The Morgan fingerprint density at radius 3 is 2.08 bits per heavy atom. The number of para-hydroxylation sites is 2. The molecular weight excluding hydrogens is 659 g/mol. The molecule has 278 valence electrons. The lowest BCUT2D eigenvalue weighted by molar-refractivity contribution is -0.143. The summed E-state index contributed by atoms with van der Waals surface area (Å²) in [5, 5.41) is 4.13. The fraction of sp³-hybridized carbons (Fsp3) is 0.548. The molecule has 8 nitrogen and oxygen atoms in total. The number of methoxy groups -OCH3 is 2. The smallest absolute Gasteiger partial charge is 0.337 e. The fourth-order valence-corrected chi connectivity index (χ4v) is 7.84. The Morgan fingerprint density at radius 2 is 1.47 bits per heavy atom. The molecule has 3 aromatic rings. The Kier molecular flexibility index (Phi) is 16.5. The van der Waals surface area contributed by atoms with Crippen LogP contribution in [0.5, 0.6) is 5.75 Å². The number of H-pyrrole nitrogens is 1. The summed E-state index contributed by atoms with van der Waals surface area (Å²) >= 11 is 1.48. The number of thioether (sulfide) groups is 1. The van der Waals surface area contributed by atoms with Gasteiger partial charge in [-0.25, -0.2) is 14.6 Å². The second-order valence-electron chi connectivity index (χ2n) is 13.8. The van der Waals surface area contributed by atoms with Gasteiger partial charge < -0.3 is 24.5 Å². The summed E-state index contributed by atoms with van der Waals surface area (Å²) in [5.41, 5.74) is 5.73. The minimum atomic E-state index is -0.746. The summed E-state index contributed by atoms with van der Waals surface area (Å²) in [5.74, 6) is -0.698. The summed E-state index contributed by atoms with van der Waals surface area (Å²) < 4.78 is 17.2. The van der Waals surface area contributed by atoms with Crippen molar-refractivity contribution in [2.45, 2.75) is 135 Å². The number of fused-ring (bicyclic) bond motifs is 1. The molecule has 2 N–H and O–H groups in total. The molecule has 4 rings (SSSR count). The average molecular weight is 718 g/mol. The van der Waals surface area contributed by atoms with Gasteiger partial charge in [-0.15, -0.1) is 0 Å². The molecule has 0 fully saturated rings. The normalized spacial score (nSPS) is 14.7. The van der Waals surface area contributed by atoms with E-state index < -0.39 is 17.9 Å². The van der Waals surface area contributed by atoms with Crippen LogP contribution in [0.25, 0.3) is 11.0 Å². The third kappa shape index (κ3) is 11.4. The second-order valence-corrected chi connectivity index (χ2v) is 14.8. The number of carbonyl (C=O) groups is 2.